The Balaban J connectivity index is 2.40. The molecule has 0 amide bonds. The molecule has 80 valence electrons. The third kappa shape index (κ3) is 3.48. The van der Waals surface area contributed by atoms with Gasteiger partial charge in [-0.2, -0.15) is 0 Å². The highest BCUT2D eigenvalue weighted by atomic mass is 16.5. The number of esters is 1. The molecule has 1 rings (SSSR count). The third-order valence-electron chi connectivity index (χ3n) is 2.65. The van der Waals surface area contributed by atoms with Gasteiger partial charge < -0.3 is 4.74 Å². The van der Waals surface area contributed by atoms with E-state index in [0.717, 1.165) is 25.7 Å². The summed E-state index contributed by atoms with van der Waals surface area (Å²) in [4.78, 5) is 22.7. The molecule has 1 unspecified atom stereocenters. The number of rotatable bonds is 3. The smallest absolute Gasteiger partial charge is 0.306 e. The number of hydrogen-bond acceptors (Lipinski definition) is 3. The van der Waals surface area contributed by atoms with E-state index in [1.807, 2.05) is 0 Å². The summed E-state index contributed by atoms with van der Waals surface area (Å²) in [6.45, 7) is 2.19. The molecule has 0 heterocycles. The van der Waals surface area contributed by atoms with Crippen LogP contribution in [0, 0.1) is 5.92 Å². The van der Waals surface area contributed by atoms with Crippen LogP contribution in [0.3, 0.4) is 0 Å². The summed E-state index contributed by atoms with van der Waals surface area (Å²) in [6, 6.07) is 0. The molecule has 1 atom stereocenters. The summed E-state index contributed by atoms with van der Waals surface area (Å²) in [5.74, 6) is -0.0557. The lowest BCUT2D eigenvalue weighted by molar-refractivity contribution is -0.146. The van der Waals surface area contributed by atoms with Crippen molar-refractivity contribution in [3.05, 3.63) is 0 Å². The maximum atomic E-state index is 11.5. The fraction of sp³-hybridized carbons (Fsp3) is 0.818. The molecule has 0 aliphatic heterocycles. The average Bonchev–Trinajstić information content (AvgIpc) is 2.33. The highest BCUT2D eigenvalue weighted by Gasteiger charge is 2.23. The molecule has 0 aromatic heterocycles. The average molecular weight is 198 g/mol. The highest BCUT2D eigenvalue weighted by molar-refractivity contribution is 5.85. The summed E-state index contributed by atoms with van der Waals surface area (Å²) in [5, 5.41) is 0. The second-order valence-corrected chi connectivity index (χ2v) is 3.77. The van der Waals surface area contributed by atoms with Crippen molar-refractivity contribution in [3.8, 4) is 0 Å². The number of carbonyl (C=O) groups excluding carboxylic acids is 2. The summed E-state index contributed by atoms with van der Waals surface area (Å²) in [5.41, 5.74) is 0. The van der Waals surface area contributed by atoms with E-state index in [9.17, 15) is 9.59 Å². The second kappa shape index (κ2) is 5.78. The van der Waals surface area contributed by atoms with Crippen molar-refractivity contribution < 1.29 is 14.3 Å². The number of carbonyl (C=O) groups is 2. The van der Waals surface area contributed by atoms with Gasteiger partial charge >= 0.3 is 5.97 Å². The van der Waals surface area contributed by atoms with Crippen molar-refractivity contribution in [2.75, 3.05) is 6.61 Å². The first kappa shape index (κ1) is 11.2. The largest absolute Gasteiger partial charge is 0.466 e. The normalized spacial score (nSPS) is 22.9. The Kier molecular flexibility index (Phi) is 4.63. The van der Waals surface area contributed by atoms with E-state index >= 15 is 0 Å². The van der Waals surface area contributed by atoms with Gasteiger partial charge in [-0.25, -0.2) is 0 Å². The van der Waals surface area contributed by atoms with Gasteiger partial charge in [0.25, 0.3) is 0 Å². The zero-order chi connectivity index (χ0) is 10.4. The van der Waals surface area contributed by atoms with Gasteiger partial charge in [-0.1, -0.05) is 12.8 Å². The van der Waals surface area contributed by atoms with Crippen LogP contribution < -0.4 is 0 Å². The van der Waals surface area contributed by atoms with E-state index in [0.29, 0.717) is 13.0 Å². The molecule has 1 aliphatic carbocycles. The quantitative estimate of drug-likeness (QED) is 0.515. The lowest BCUT2D eigenvalue weighted by Crippen LogP contribution is -2.18. The van der Waals surface area contributed by atoms with Crippen LogP contribution in [0.2, 0.25) is 0 Å². The number of ketones is 1. The van der Waals surface area contributed by atoms with Gasteiger partial charge in [-0.15, -0.1) is 0 Å². The van der Waals surface area contributed by atoms with Crippen LogP contribution in [0.25, 0.3) is 0 Å². The van der Waals surface area contributed by atoms with Crippen molar-refractivity contribution >= 4 is 11.8 Å². The molecule has 0 aromatic rings. The molecular formula is C11H18O3. The van der Waals surface area contributed by atoms with Gasteiger partial charge in [0.15, 0.2) is 0 Å². The minimum Gasteiger partial charge on any atom is -0.466 e. The van der Waals surface area contributed by atoms with Crippen LogP contribution in [0.1, 0.15) is 45.4 Å². The van der Waals surface area contributed by atoms with Gasteiger partial charge in [-0.3, -0.25) is 9.59 Å². The van der Waals surface area contributed by atoms with Crippen LogP contribution >= 0.6 is 0 Å². The summed E-state index contributed by atoms with van der Waals surface area (Å²) in [6.07, 6.45) is 4.95. The van der Waals surface area contributed by atoms with E-state index in [1.165, 1.54) is 0 Å². The third-order valence-corrected chi connectivity index (χ3v) is 2.65. The number of ether oxygens (including phenoxy) is 1. The Hall–Kier alpha value is -0.860. The molecule has 1 saturated carbocycles. The molecule has 0 bridgehead atoms. The maximum Gasteiger partial charge on any atom is 0.306 e. The van der Waals surface area contributed by atoms with Gasteiger partial charge in [0.1, 0.15) is 5.78 Å². The molecular weight excluding hydrogens is 180 g/mol. The first-order chi connectivity index (χ1) is 6.74. The molecule has 3 nitrogen and oxygen atoms in total. The van der Waals surface area contributed by atoms with Gasteiger partial charge in [0.05, 0.1) is 13.0 Å². The van der Waals surface area contributed by atoms with Crippen molar-refractivity contribution in [1.82, 2.24) is 0 Å². The van der Waals surface area contributed by atoms with Crippen LogP contribution in [0.15, 0.2) is 0 Å². The molecule has 14 heavy (non-hydrogen) atoms. The van der Waals surface area contributed by atoms with Crippen LogP contribution in [0.4, 0.5) is 0 Å². The van der Waals surface area contributed by atoms with Gasteiger partial charge in [-0.05, 0) is 19.8 Å². The number of Topliss-reactive ketones (excluding diaryl/α,β-unsaturated/α-hetero) is 1. The minimum atomic E-state index is -0.229. The molecule has 0 radical (unpaired) electrons. The summed E-state index contributed by atoms with van der Waals surface area (Å²) >= 11 is 0. The Labute approximate surface area is 84.8 Å². The van der Waals surface area contributed by atoms with E-state index in [-0.39, 0.29) is 24.1 Å². The van der Waals surface area contributed by atoms with E-state index in [4.69, 9.17) is 4.74 Å². The molecule has 1 fully saturated rings. The van der Waals surface area contributed by atoms with Gasteiger partial charge in [0.2, 0.25) is 0 Å². The lowest BCUT2D eigenvalue weighted by atomic mass is 9.95. The Morgan fingerprint density at radius 1 is 1.43 bits per heavy atom. The zero-order valence-electron chi connectivity index (χ0n) is 8.75. The second-order valence-electron chi connectivity index (χ2n) is 3.77. The Morgan fingerprint density at radius 2 is 2.21 bits per heavy atom. The van der Waals surface area contributed by atoms with Crippen molar-refractivity contribution in [2.24, 2.45) is 5.92 Å². The van der Waals surface area contributed by atoms with E-state index in [1.54, 1.807) is 6.92 Å². The fourth-order valence-electron chi connectivity index (χ4n) is 1.87. The van der Waals surface area contributed by atoms with Crippen LogP contribution in [0.5, 0.6) is 0 Å². The summed E-state index contributed by atoms with van der Waals surface area (Å²) in [7, 11) is 0. The minimum absolute atomic E-state index is 0.0726. The fourth-order valence-corrected chi connectivity index (χ4v) is 1.87. The summed E-state index contributed by atoms with van der Waals surface area (Å²) < 4.78 is 4.84. The van der Waals surface area contributed by atoms with Crippen molar-refractivity contribution in [3.63, 3.8) is 0 Å². The molecule has 0 spiro atoms. The molecule has 0 saturated heterocycles. The van der Waals surface area contributed by atoms with Crippen LogP contribution in [-0.2, 0) is 14.3 Å². The van der Waals surface area contributed by atoms with Gasteiger partial charge in [0, 0.05) is 12.3 Å². The Bertz CT molecular complexity index is 211. The van der Waals surface area contributed by atoms with Crippen molar-refractivity contribution in [2.45, 2.75) is 45.4 Å². The van der Waals surface area contributed by atoms with Crippen LogP contribution in [-0.4, -0.2) is 18.4 Å². The maximum absolute atomic E-state index is 11.5. The topological polar surface area (TPSA) is 43.4 Å². The zero-order valence-corrected chi connectivity index (χ0v) is 8.75. The molecule has 0 aromatic carbocycles. The monoisotopic (exact) mass is 198 g/mol. The molecule has 0 N–H and O–H groups in total. The van der Waals surface area contributed by atoms with E-state index in [2.05, 4.69) is 0 Å². The van der Waals surface area contributed by atoms with Crippen molar-refractivity contribution in [1.29, 1.82) is 0 Å². The van der Waals surface area contributed by atoms with E-state index < -0.39 is 0 Å². The molecule has 1 aliphatic rings. The Morgan fingerprint density at radius 3 is 2.93 bits per heavy atom. The standard InChI is InChI=1S/C11H18O3/c1-2-14-11(13)8-9-6-4-3-5-7-10(9)12/h9H,2-8H2,1H3. The molecule has 3 heteroatoms. The first-order valence-corrected chi connectivity index (χ1v) is 5.42. The predicted octanol–water partition coefficient (Wildman–Crippen LogP) is 2.09. The SMILES string of the molecule is CCOC(=O)CC1CCCCCC1=O. The first-order valence-electron chi connectivity index (χ1n) is 5.42. The number of hydrogen-bond donors (Lipinski definition) is 0. The predicted molar refractivity (Wildman–Crippen MR) is 52.8 cm³/mol. The lowest BCUT2D eigenvalue weighted by Gasteiger charge is -2.11. The highest BCUT2D eigenvalue weighted by Crippen LogP contribution is 2.22.